The highest BCUT2D eigenvalue weighted by Crippen LogP contribution is 2.22. The highest BCUT2D eigenvalue weighted by Gasteiger charge is 2.21. The zero-order valence-corrected chi connectivity index (χ0v) is 13.3. The molecule has 1 aliphatic heterocycles. The molecule has 0 N–H and O–H groups in total. The Bertz CT molecular complexity index is 653. The molecule has 2 aromatic heterocycles. The van der Waals surface area contributed by atoms with Crippen molar-refractivity contribution in [1.29, 1.82) is 0 Å². The maximum absolute atomic E-state index is 5.24. The van der Waals surface area contributed by atoms with Crippen molar-refractivity contribution < 1.29 is 4.74 Å². The molecule has 0 spiro atoms. The molecule has 0 aliphatic carbocycles. The van der Waals surface area contributed by atoms with Gasteiger partial charge in [0.15, 0.2) is 0 Å². The van der Waals surface area contributed by atoms with Crippen LogP contribution in [0.3, 0.4) is 0 Å². The number of anilines is 2. The lowest BCUT2D eigenvalue weighted by atomic mass is 10.2. The van der Waals surface area contributed by atoms with Gasteiger partial charge >= 0.3 is 0 Å². The minimum absolute atomic E-state index is 0.619. The molecule has 0 radical (unpaired) electrons. The fourth-order valence-electron chi connectivity index (χ4n) is 2.70. The molecule has 1 saturated heterocycles. The molecule has 2 aromatic rings. The highest BCUT2D eigenvalue weighted by molar-refractivity contribution is 5.52. The number of nitrogens with zero attached hydrogens (tertiary/aromatic N) is 5. The Labute approximate surface area is 130 Å². The van der Waals surface area contributed by atoms with Crippen LogP contribution < -0.4 is 14.5 Å². The molecule has 3 rings (SSSR count). The van der Waals surface area contributed by atoms with Crippen LogP contribution in [0, 0.1) is 13.8 Å². The van der Waals surface area contributed by atoms with E-state index in [1.165, 1.54) is 11.3 Å². The molecule has 0 atom stereocenters. The number of hydrogen-bond acceptors (Lipinski definition) is 6. The van der Waals surface area contributed by atoms with Gasteiger partial charge in [-0.25, -0.2) is 4.98 Å². The predicted molar refractivity (Wildman–Crippen MR) is 86.7 cm³/mol. The van der Waals surface area contributed by atoms with Gasteiger partial charge in [0.25, 0.3) is 0 Å². The van der Waals surface area contributed by atoms with Crippen LogP contribution in [0.2, 0.25) is 0 Å². The summed E-state index contributed by atoms with van der Waals surface area (Å²) >= 11 is 0. The number of piperazine rings is 1. The van der Waals surface area contributed by atoms with Crippen LogP contribution in [-0.2, 0) is 0 Å². The van der Waals surface area contributed by atoms with Crippen LogP contribution >= 0.6 is 0 Å². The molecule has 0 unspecified atom stereocenters. The van der Waals surface area contributed by atoms with Gasteiger partial charge in [-0.1, -0.05) is 0 Å². The maximum Gasteiger partial charge on any atom is 0.228 e. The molecule has 1 fully saturated rings. The third-order valence-electron chi connectivity index (χ3n) is 3.94. The second kappa shape index (κ2) is 6.17. The van der Waals surface area contributed by atoms with E-state index in [1.54, 1.807) is 7.11 Å². The molecule has 116 valence electrons. The van der Waals surface area contributed by atoms with Crippen molar-refractivity contribution in [2.24, 2.45) is 0 Å². The fraction of sp³-hybridized carbons (Fsp3) is 0.438. The largest absolute Gasteiger partial charge is 0.481 e. The van der Waals surface area contributed by atoms with Crippen molar-refractivity contribution >= 4 is 11.6 Å². The van der Waals surface area contributed by atoms with Gasteiger partial charge in [0.1, 0.15) is 0 Å². The van der Waals surface area contributed by atoms with Crippen LogP contribution in [0.5, 0.6) is 5.88 Å². The number of methoxy groups -OCH3 is 1. The number of pyridine rings is 1. The molecular formula is C16H21N5O. The summed E-state index contributed by atoms with van der Waals surface area (Å²) < 4.78 is 5.24. The Kier molecular flexibility index (Phi) is 4.09. The van der Waals surface area contributed by atoms with Crippen molar-refractivity contribution in [2.75, 3.05) is 43.1 Å². The van der Waals surface area contributed by atoms with Crippen molar-refractivity contribution in [1.82, 2.24) is 15.0 Å². The van der Waals surface area contributed by atoms with E-state index in [0.29, 0.717) is 5.88 Å². The van der Waals surface area contributed by atoms with E-state index in [-0.39, 0.29) is 0 Å². The Morgan fingerprint density at radius 1 is 1.05 bits per heavy atom. The molecule has 0 saturated carbocycles. The number of aromatic nitrogens is 3. The predicted octanol–water partition coefficient (Wildman–Crippen LogP) is 1.82. The van der Waals surface area contributed by atoms with E-state index < -0.39 is 0 Å². The third-order valence-corrected chi connectivity index (χ3v) is 3.94. The second-order valence-electron chi connectivity index (χ2n) is 5.49. The molecule has 6 heteroatoms. The molecule has 3 heterocycles. The molecule has 0 bridgehead atoms. The molecule has 1 aliphatic rings. The molecular weight excluding hydrogens is 278 g/mol. The number of rotatable bonds is 3. The third kappa shape index (κ3) is 2.95. The van der Waals surface area contributed by atoms with Gasteiger partial charge in [0.2, 0.25) is 11.8 Å². The lowest BCUT2D eigenvalue weighted by molar-refractivity contribution is 0.396. The summed E-state index contributed by atoms with van der Waals surface area (Å²) in [5, 5.41) is 0. The van der Waals surface area contributed by atoms with Crippen LogP contribution in [0.1, 0.15) is 11.3 Å². The van der Waals surface area contributed by atoms with Crippen LogP contribution in [-0.4, -0.2) is 48.2 Å². The maximum atomic E-state index is 5.24. The average molecular weight is 299 g/mol. The first-order valence-electron chi connectivity index (χ1n) is 7.47. The Morgan fingerprint density at radius 2 is 1.77 bits per heavy atom. The van der Waals surface area contributed by atoms with E-state index in [0.717, 1.165) is 37.8 Å². The van der Waals surface area contributed by atoms with Gasteiger partial charge < -0.3 is 14.5 Å². The zero-order valence-electron chi connectivity index (χ0n) is 13.3. The summed E-state index contributed by atoms with van der Waals surface area (Å²) in [4.78, 5) is 17.8. The van der Waals surface area contributed by atoms with E-state index >= 15 is 0 Å². The summed E-state index contributed by atoms with van der Waals surface area (Å²) in [6.45, 7) is 7.74. The fourth-order valence-corrected chi connectivity index (χ4v) is 2.70. The van der Waals surface area contributed by atoms with Gasteiger partial charge in [-0.2, -0.15) is 4.98 Å². The first-order chi connectivity index (χ1) is 10.7. The standard InChI is InChI=1S/C16H21N5O/c1-12-4-5-17-11-14(12)20-6-8-21(9-7-20)16-18-13(2)10-15(19-16)22-3/h4-5,10-11H,6-9H2,1-3H3. The normalized spacial score (nSPS) is 15.0. The first-order valence-corrected chi connectivity index (χ1v) is 7.47. The van der Waals surface area contributed by atoms with Gasteiger partial charge in [-0.15, -0.1) is 0 Å². The quantitative estimate of drug-likeness (QED) is 0.862. The van der Waals surface area contributed by atoms with E-state index in [9.17, 15) is 0 Å². The van der Waals surface area contributed by atoms with Crippen molar-refractivity contribution in [3.05, 3.63) is 35.8 Å². The summed E-state index contributed by atoms with van der Waals surface area (Å²) in [6.07, 6.45) is 3.78. The molecule has 0 aromatic carbocycles. The monoisotopic (exact) mass is 299 g/mol. The van der Waals surface area contributed by atoms with Crippen molar-refractivity contribution in [3.63, 3.8) is 0 Å². The Morgan fingerprint density at radius 3 is 2.45 bits per heavy atom. The van der Waals surface area contributed by atoms with Crippen molar-refractivity contribution in [2.45, 2.75) is 13.8 Å². The minimum atomic E-state index is 0.619. The van der Waals surface area contributed by atoms with Crippen LogP contribution in [0.4, 0.5) is 11.6 Å². The van der Waals surface area contributed by atoms with E-state index in [2.05, 4.69) is 37.7 Å². The number of hydrogen-bond donors (Lipinski definition) is 0. The van der Waals surface area contributed by atoms with Gasteiger partial charge in [0, 0.05) is 44.1 Å². The highest BCUT2D eigenvalue weighted by atomic mass is 16.5. The summed E-state index contributed by atoms with van der Waals surface area (Å²) in [6, 6.07) is 3.90. The van der Waals surface area contributed by atoms with E-state index in [1.807, 2.05) is 25.4 Å². The topological polar surface area (TPSA) is 54.4 Å². The molecule has 6 nitrogen and oxygen atoms in total. The lowest BCUT2D eigenvalue weighted by Crippen LogP contribution is -2.47. The van der Waals surface area contributed by atoms with Gasteiger partial charge in [-0.3, -0.25) is 4.98 Å². The number of ether oxygens (including phenoxy) is 1. The van der Waals surface area contributed by atoms with Gasteiger partial charge in [0.05, 0.1) is 19.0 Å². The minimum Gasteiger partial charge on any atom is -0.481 e. The molecule has 0 amide bonds. The van der Waals surface area contributed by atoms with E-state index in [4.69, 9.17) is 4.74 Å². The molecule has 22 heavy (non-hydrogen) atoms. The Balaban J connectivity index is 1.72. The van der Waals surface area contributed by atoms with Crippen LogP contribution in [0.15, 0.2) is 24.5 Å². The van der Waals surface area contributed by atoms with Gasteiger partial charge in [-0.05, 0) is 25.5 Å². The average Bonchev–Trinajstić information content (AvgIpc) is 2.55. The second-order valence-corrected chi connectivity index (χ2v) is 5.49. The number of aryl methyl sites for hydroxylation is 2. The first kappa shape index (κ1) is 14.6. The SMILES string of the molecule is COc1cc(C)nc(N2CCN(c3cnccc3C)CC2)n1. The smallest absolute Gasteiger partial charge is 0.228 e. The summed E-state index contributed by atoms with van der Waals surface area (Å²) in [7, 11) is 1.63. The van der Waals surface area contributed by atoms with Crippen LogP contribution in [0.25, 0.3) is 0 Å². The summed E-state index contributed by atoms with van der Waals surface area (Å²) in [5.74, 6) is 1.37. The zero-order chi connectivity index (χ0) is 15.5. The Hall–Kier alpha value is -2.37. The van der Waals surface area contributed by atoms with Crippen molar-refractivity contribution in [3.8, 4) is 5.88 Å². The lowest BCUT2D eigenvalue weighted by Gasteiger charge is -2.36. The summed E-state index contributed by atoms with van der Waals surface area (Å²) in [5.41, 5.74) is 3.40.